The first-order chi connectivity index (χ1) is 13.6. The Kier molecular flexibility index (Phi) is 6.30. The molecular formula is C22H21NO5. The Hall–Kier alpha value is -3.30. The number of allylic oxidation sites excluding steroid dienone is 1. The van der Waals surface area contributed by atoms with Crippen molar-refractivity contribution in [3.63, 3.8) is 0 Å². The average molecular weight is 379 g/mol. The van der Waals surface area contributed by atoms with E-state index in [1.807, 2.05) is 6.07 Å². The van der Waals surface area contributed by atoms with Crippen LogP contribution >= 0.6 is 0 Å². The van der Waals surface area contributed by atoms with E-state index in [9.17, 15) is 10.1 Å². The van der Waals surface area contributed by atoms with E-state index in [1.54, 1.807) is 56.7 Å². The van der Waals surface area contributed by atoms with E-state index in [0.29, 0.717) is 41.4 Å². The number of methoxy groups -OCH3 is 2. The molecule has 0 radical (unpaired) electrons. The molecule has 0 amide bonds. The minimum atomic E-state index is -0.499. The van der Waals surface area contributed by atoms with Crippen molar-refractivity contribution in [3.05, 3.63) is 53.6 Å². The molecule has 28 heavy (non-hydrogen) atoms. The molecule has 6 heteroatoms. The standard InChI is InChI=1S/C22H21NO5/c1-25-19-9-8-16(13-21(19)26-2)17(14-23)11-15-5-3-6-18(12-15)28-22(24)20-7-4-10-27-20/h3,5-6,8-9,11-13,20H,4,7,10H2,1-2H3/b17-11-. The lowest BCUT2D eigenvalue weighted by atomic mass is 10.0. The summed E-state index contributed by atoms with van der Waals surface area (Å²) < 4.78 is 21.3. The monoisotopic (exact) mass is 379 g/mol. The topological polar surface area (TPSA) is 77.8 Å². The zero-order valence-electron chi connectivity index (χ0n) is 15.8. The molecule has 0 N–H and O–H groups in total. The zero-order valence-corrected chi connectivity index (χ0v) is 15.8. The van der Waals surface area contributed by atoms with E-state index in [-0.39, 0.29) is 5.97 Å². The van der Waals surface area contributed by atoms with Gasteiger partial charge in [0.25, 0.3) is 0 Å². The van der Waals surface area contributed by atoms with Gasteiger partial charge in [-0.05, 0) is 60.4 Å². The van der Waals surface area contributed by atoms with Crippen LogP contribution in [0.2, 0.25) is 0 Å². The largest absolute Gasteiger partial charge is 0.493 e. The number of carbonyl (C=O) groups excluding carboxylic acids is 1. The third-order valence-electron chi connectivity index (χ3n) is 4.40. The molecule has 0 spiro atoms. The molecule has 144 valence electrons. The van der Waals surface area contributed by atoms with Crippen LogP contribution in [0.15, 0.2) is 42.5 Å². The Morgan fingerprint density at radius 2 is 2.00 bits per heavy atom. The van der Waals surface area contributed by atoms with Gasteiger partial charge in [-0.25, -0.2) is 4.79 Å². The third-order valence-corrected chi connectivity index (χ3v) is 4.40. The lowest BCUT2D eigenvalue weighted by molar-refractivity contribution is -0.144. The Bertz CT molecular complexity index is 923. The van der Waals surface area contributed by atoms with E-state index in [4.69, 9.17) is 18.9 Å². The second-order valence-corrected chi connectivity index (χ2v) is 6.23. The maximum atomic E-state index is 12.1. The van der Waals surface area contributed by atoms with Gasteiger partial charge in [-0.15, -0.1) is 0 Å². The summed E-state index contributed by atoms with van der Waals surface area (Å²) in [6, 6.07) is 14.5. The van der Waals surface area contributed by atoms with Crippen LogP contribution in [0.4, 0.5) is 0 Å². The summed E-state index contributed by atoms with van der Waals surface area (Å²) in [5.41, 5.74) is 1.88. The number of hydrogen-bond acceptors (Lipinski definition) is 6. The lowest BCUT2D eigenvalue weighted by Crippen LogP contribution is -2.24. The van der Waals surface area contributed by atoms with Crippen LogP contribution in [-0.4, -0.2) is 32.9 Å². The maximum Gasteiger partial charge on any atom is 0.340 e. The fourth-order valence-corrected chi connectivity index (χ4v) is 2.96. The summed E-state index contributed by atoms with van der Waals surface area (Å²) >= 11 is 0. The van der Waals surface area contributed by atoms with Gasteiger partial charge >= 0.3 is 5.97 Å². The number of nitriles is 1. The van der Waals surface area contributed by atoms with E-state index in [0.717, 1.165) is 12.0 Å². The number of esters is 1. The third kappa shape index (κ3) is 4.51. The number of ether oxygens (including phenoxy) is 4. The molecular weight excluding hydrogens is 358 g/mol. The van der Waals surface area contributed by atoms with Gasteiger partial charge in [0.05, 0.1) is 25.9 Å². The predicted molar refractivity (Wildman–Crippen MR) is 104 cm³/mol. The highest BCUT2D eigenvalue weighted by atomic mass is 16.6. The molecule has 1 fully saturated rings. The summed E-state index contributed by atoms with van der Waals surface area (Å²) in [7, 11) is 3.10. The van der Waals surface area contributed by atoms with E-state index in [2.05, 4.69) is 6.07 Å². The van der Waals surface area contributed by atoms with Crippen molar-refractivity contribution >= 4 is 17.6 Å². The number of rotatable bonds is 6. The van der Waals surface area contributed by atoms with Crippen LogP contribution in [0.25, 0.3) is 11.6 Å². The fraction of sp³-hybridized carbons (Fsp3) is 0.273. The smallest absolute Gasteiger partial charge is 0.340 e. The number of carbonyl (C=O) groups is 1. The maximum absolute atomic E-state index is 12.1. The van der Waals surface area contributed by atoms with Crippen LogP contribution in [0.1, 0.15) is 24.0 Å². The van der Waals surface area contributed by atoms with Gasteiger partial charge in [0, 0.05) is 6.61 Å². The second kappa shape index (κ2) is 9.07. The molecule has 1 atom stereocenters. The molecule has 0 saturated carbocycles. The SMILES string of the molecule is COc1ccc(/C(C#N)=C\c2cccc(OC(=O)C3CCCO3)c2)cc1OC. The van der Waals surface area contributed by atoms with E-state index in [1.165, 1.54) is 0 Å². The second-order valence-electron chi connectivity index (χ2n) is 6.23. The molecule has 1 aliphatic heterocycles. The van der Waals surface area contributed by atoms with Gasteiger partial charge in [-0.2, -0.15) is 5.26 Å². The fourth-order valence-electron chi connectivity index (χ4n) is 2.96. The molecule has 6 nitrogen and oxygen atoms in total. The molecule has 2 aromatic rings. The van der Waals surface area contributed by atoms with Gasteiger partial charge in [-0.1, -0.05) is 12.1 Å². The minimum Gasteiger partial charge on any atom is -0.493 e. The van der Waals surface area contributed by atoms with Crippen LogP contribution in [0.3, 0.4) is 0 Å². The first-order valence-corrected chi connectivity index (χ1v) is 8.92. The lowest BCUT2D eigenvalue weighted by Gasteiger charge is -2.10. The summed E-state index contributed by atoms with van der Waals surface area (Å²) in [6.45, 7) is 0.583. The van der Waals surface area contributed by atoms with Crippen molar-refractivity contribution in [3.8, 4) is 23.3 Å². The molecule has 3 rings (SSSR count). The summed E-state index contributed by atoms with van der Waals surface area (Å²) in [5.74, 6) is 1.16. The van der Waals surface area contributed by atoms with Crippen LogP contribution in [0, 0.1) is 11.3 Å². The average Bonchev–Trinajstić information content (AvgIpc) is 3.27. The van der Waals surface area contributed by atoms with Crippen molar-refractivity contribution in [2.45, 2.75) is 18.9 Å². The van der Waals surface area contributed by atoms with Gasteiger partial charge in [0.2, 0.25) is 0 Å². The highest BCUT2D eigenvalue weighted by Crippen LogP contribution is 2.31. The van der Waals surface area contributed by atoms with Gasteiger partial charge in [0.1, 0.15) is 5.75 Å². The van der Waals surface area contributed by atoms with Gasteiger partial charge in [0.15, 0.2) is 17.6 Å². The molecule has 2 aromatic carbocycles. The highest BCUT2D eigenvalue weighted by Gasteiger charge is 2.25. The molecule has 1 heterocycles. The molecule has 1 unspecified atom stereocenters. The molecule has 1 aliphatic rings. The molecule has 0 aliphatic carbocycles. The first-order valence-electron chi connectivity index (χ1n) is 8.92. The summed E-state index contributed by atoms with van der Waals surface area (Å²) in [4.78, 5) is 12.1. The summed E-state index contributed by atoms with van der Waals surface area (Å²) in [5, 5.41) is 9.60. The van der Waals surface area contributed by atoms with E-state index >= 15 is 0 Å². The molecule has 0 bridgehead atoms. The van der Waals surface area contributed by atoms with E-state index < -0.39 is 6.10 Å². The Balaban J connectivity index is 1.83. The molecule has 1 saturated heterocycles. The van der Waals surface area contributed by atoms with Crippen molar-refractivity contribution in [2.24, 2.45) is 0 Å². The van der Waals surface area contributed by atoms with Crippen molar-refractivity contribution in [1.82, 2.24) is 0 Å². The number of hydrogen-bond donors (Lipinski definition) is 0. The van der Waals surface area contributed by atoms with Crippen LogP contribution in [0.5, 0.6) is 17.2 Å². The van der Waals surface area contributed by atoms with Crippen LogP contribution < -0.4 is 14.2 Å². The molecule has 0 aromatic heterocycles. The Morgan fingerprint density at radius 3 is 2.68 bits per heavy atom. The Labute approximate surface area is 163 Å². The van der Waals surface area contributed by atoms with Crippen molar-refractivity contribution in [2.75, 3.05) is 20.8 Å². The summed E-state index contributed by atoms with van der Waals surface area (Å²) in [6.07, 6.45) is 2.76. The van der Waals surface area contributed by atoms with Crippen LogP contribution in [-0.2, 0) is 9.53 Å². The number of nitrogens with zero attached hydrogens (tertiary/aromatic N) is 1. The zero-order chi connectivity index (χ0) is 19.9. The number of benzene rings is 2. The quantitative estimate of drug-likeness (QED) is 0.328. The predicted octanol–water partition coefficient (Wildman–Crippen LogP) is 3.85. The first kappa shape index (κ1) is 19.5. The van der Waals surface area contributed by atoms with Gasteiger partial charge < -0.3 is 18.9 Å². The van der Waals surface area contributed by atoms with Crippen molar-refractivity contribution < 1.29 is 23.7 Å². The van der Waals surface area contributed by atoms with Gasteiger partial charge in [-0.3, -0.25) is 0 Å². The van der Waals surface area contributed by atoms with Crippen molar-refractivity contribution in [1.29, 1.82) is 5.26 Å². The Morgan fingerprint density at radius 1 is 1.18 bits per heavy atom. The highest BCUT2D eigenvalue weighted by molar-refractivity contribution is 5.90. The minimum absolute atomic E-state index is 0.390. The normalized spacial score (nSPS) is 16.3.